The Kier molecular flexibility index (Phi) is 5.56. The van der Waals surface area contributed by atoms with Crippen LogP contribution in [0.3, 0.4) is 0 Å². The lowest BCUT2D eigenvalue weighted by molar-refractivity contribution is 0.0697. The van der Waals surface area contributed by atoms with Crippen LogP contribution in [0.5, 0.6) is 0 Å². The van der Waals surface area contributed by atoms with Crippen molar-refractivity contribution < 1.29 is 18.3 Å². The lowest BCUT2D eigenvalue weighted by atomic mass is 10.0. The van der Waals surface area contributed by atoms with Crippen LogP contribution in [-0.4, -0.2) is 25.5 Å². The molecule has 20 heavy (non-hydrogen) atoms. The van der Waals surface area contributed by atoms with Gasteiger partial charge in [0.25, 0.3) is 0 Å². The molecule has 0 aliphatic rings. The molecule has 7 heteroatoms. The normalized spacial score (nSPS) is 13.4. The van der Waals surface area contributed by atoms with E-state index in [-0.39, 0.29) is 27.4 Å². The first-order valence-corrected chi connectivity index (χ1v) is 8.10. The molecule has 1 rings (SSSR count). The maximum absolute atomic E-state index is 12.2. The standard InChI is InChI=1S/C13H18ClNO4S/c1-4-12(8(2)3)15-20(18,19)9-5-6-10(13(16)17)11(14)7-9/h5-8,12,15H,4H2,1-3H3,(H,16,17). The number of carboxylic acids is 1. The molecular formula is C13H18ClNO4S. The van der Waals surface area contributed by atoms with Crippen LogP contribution in [-0.2, 0) is 10.0 Å². The average Bonchev–Trinajstić information content (AvgIpc) is 2.35. The number of nitrogens with one attached hydrogen (secondary N) is 1. The maximum Gasteiger partial charge on any atom is 0.337 e. The largest absolute Gasteiger partial charge is 0.478 e. The van der Waals surface area contributed by atoms with Crippen LogP contribution in [0.2, 0.25) is 5.02 Å². The Bertz CT molecular complexity index is 598. The van der Waals surface area contributed by atoms with E-state index in [2.05, 4.69) is 4.72 Å². The van der Waals surface area contributed by atoms with Gasteiger partial charge in [-0.25, -0.2) is 17.9 Å². The molecule has 0 bridgehead atoms. The number of aromatic carboxylic acids is 1. The molecule has 0 spiro atoms. The molecule has 1 aromatic carbocycles. The van der Waals surface area contributed by atoms with Crippen molar-refractivity contribution >= 4 is 27.6 Å². The van der Waals surface area contributed by atoms with Crippen molar-refractivity contribution in [2.45, 2.75) is 38.1 Å². The second kappa shape index (κ2) is 6.56. The van der Waals surface area contributed by atoms with Gasteiger partial charge in [-0.15, -0.1) is 0 Å². The van der Waals surface area contributed by atoms with Crippen LogP contribution < -0.4 is 4.72 Å². The van der Waals surface area contributed by atoms with E-state index in [0.29, 0.717) is 6.42 Å². The van der Waals surface area contributed by atoms with Gasteiger partial charge < -0.3 is 5.11 Å². The maximum atomic E-state index is 12.2. The van der Waals surface area contributed by atoms with Crippen molar-refractivity contribution in [1.29, 1.82) is 0 Å². The Morgan fingerprint density at radius 2 is 2.00 bits per heavy atom. The molecule has 0 fully saturated rings. The van der Waals surface area contributed by atoms with Crippen LogP contribution in [0.25, 0.3) is 0 Å². The summed E-state index contributed by atoms with van der Waals surface area (Å²) in [6.45, 7) is 5.75. The Morgan fingerprint density at radius 3 is 2.40 bits per heavy atom. The first-order chi connectivity index (χ1) is 9.19. The molecule has 112 valence electrons. The van der Waals surface area contributed by atoms with Crippen LogP contribution in [0, 0.1) is 5.92 Å². The van der Waals surface area contributed by atoms with Crippen LogP contribution >= 0.6 is 11.6 Å². The van der Waals surface area contributed by atoms with Gasteiger partial charge in [0.2, 0.25) is 10.0 Å². The third kappa shape index (κ3) is 3.94. The van der Waals surface area contributed by atoms with E-state index in [4.69, 9.17) is 16.7 Å². The fourth-order valence-electron chi connectivity index (χ4n) is 1.79. The monoisotopic (exact) mass is 319 g/mol. The second-order valence-corrected chi connectivity index (χ2v) is 6.95. The van der Waals surface area contributed by atoms with E-state index in [9.17, 15) is 13.2 Å². The number of sulfonamides is 1. The highest BCUT2D eigenvalue weighted by molar-refractivity contribution is 7.89. The second-order valence-electron chi connectivity index (χ2n) is 4.83. The summed E-state index contributed by atoms with van der Waals surface area (Å²) in [5.41, 5.74) is -0.124. The summed E-state index contributed by atoms with van der Waals surface area (Å²) >= 11 is 5.79. The SMILES string of the molecule is CCC(NS(=O)(=O)c1ccc(C(=O)O)c(Cl)c1)C(C)C. The number of halogens is 1. The van der Waals surface area contributed by atoms with E-state index in [1.807, 2.05) is 20.8 Å². The highest BCUT2D eigenvalue weighted by atomic mass is 35.5. The van der Waals surface area contributed by atoms with Gasteiger partial charge in [-0.1, -0.05) is 32.4 Å². The van der Waals surface area contributed by atoms with E-state index in [1.54, 1.807) is 0 Å². The molecule has 0 saturated heterocycles. The lowest BCUT2D eigenvalue weighted by Crippen LogP contribution is -2.37. The first kappa shape index (κ1) is 16.9. The molecule has 0 aromatic heterocycles. The summed E-state index contributed by atoms with van der Waals surface area (Å²) in [7, 11) is -3.71. The van der Waals surface area contributed by atoms with Crippen molar-refractivity contribution in [3.63, 3.8) is 0 Å². The first-order valence-electron chi connectivity index (χ1n) is 6.24. The van der Waals surface area contributed by atoms with Crippen LogP contribution in [0.1, 0.15) is 37.6 Å². The number of hydrogen-bond acceptors (Lipinski definition) is 3. The topological polar surface area (TPSA) is 83.5 Å². The van der Waals surface area contributed by atoms with Crippen molar-refractivity contribution in [3.05, 3.63) is 28.8 Å². The molecule has 1 aromatic rings. The predicted octanol–water partition coefficient (Wildman–Crippen LogP) is 2.75. The van der Waals surface area contributed by atoms with E-state index in [0.717, 1.165) is 6.07 Å². The molecule has 0 radical (unpaired) electrons. The Hall–Kier alpha value is -1.11. The number of benzene rings is 1. The molecule has 1 unspecified atom stereocenters. The Labute approximate surface area is 124 Å². The fraction of sp³-hybridized carbons (Fsp3) is 0.462. The van der Waals surface area contributed by atoms with Gasteiger partial charge >= 0.3 is 5.97 Å². The smallest absolute Gasteiger partial charge is 0.337 e. The summed E-state index contributed by atoms with van der Waals surface area (Å²) in [6.07, 6.45) is 0.665. The molecule has 2 N–H and O–H groups in total. The lowest BCUT2D eigenvalue weighted by Gasteiger charge is -2.20. The van der Waals surface area contributed by atoms with Gasteiger partial charge in [0.15, 0.2) is 0 Å². The van der Waals surface area contributed by atoms with Gasteiger partial charge in [0.05, 0.1) is 15.5 Å². The van der Waals surface area contributed by atoms with Crippen molar-refractivity contribution in [1.82, 2.24) is 4.72 Å². The zero-order valence-corrected chi connectivity index (χ0v) is 13.1. The van der Waals surface area contributed by atoms with Crippen molar-refractivity contribution in [3.8, 4) is 0 Å². The van der Waals surface area contributed by atoms with E-state index in [1.165, 1.54) is 12.1 Å². The Morgan fingerprint density at radius 1 is 1.40 bits per heavy atom. The van der Waals surface area contributed by atoms with E-state index >= 15 is 0 Å². The molecule has 0 aliphatic heterocycles. The number of carbonyl (C=O) groups is 1. The third-order valence-electron chi connectivity index (χ3n) is 3.03. The number of carboxylic acid groups (broad SMARTS) is 1. The summed E-state index contributed by atoms with van der Waals surface area (Å²) in [6, 6.07) is 3.40. The van der Waals surface area contributed by atoms with Crippen LogP contribution in [0.15, 0.2) is 23.1 Å². The molecule has 0 amide bonds. The average molecular weight is 320 g/mol. The highest BCUT2D eigenvalue weighted by Crippen LogP contribution is 2.21. The number of rotatable bonds is 6. The van der Waals surface area contributed by atoms with E-state index < -0.39 is 16.0 Å². The minimum Gasteiger partial charge on any atom is -0.478 e. The molecule has 0 heterocycles. The minimum atomic E-state index is -3.71. The van der Waals surface area contributed by atoms with Gasteiger partial charge in [0.1, 0.15) is 0 Å². The summed E-state index contributed by atoms with van der Waals surface area (Å²) in [5, 5.41) is 8.77. The van der Waals surface area contributed by atoms with Gasteiger partial charge in [0, 0.05) is 6.04 Å². The minimum absolute atomic E-state index is 0.0356. The van der Waals surface area contributed by atoms with Crippen molar-refractivity contribution in [2.75, 3.05) is 0 Å². The quantitative estimate of drug-likeness (QED) is 0.844. The van der Waals surface area contributed by atoms with Gasteiger partial charge in [-0.3, -0.25) is 0 Å². The molecular weight excluding hydrogens is 302 g/mol. The molecule has 0 aliphatic carbocycles. The molecule has 5 nitrogen and oxygen atoms in total. The Balaban J connectivity index is 3.10. The van der Waals surface area contributed by atoms with Gasteiger partial charge in [-0.05, 0) is 30.5 Å². The molecule has 1 atom stereocenters. The summed E-state index contributed by atoms with van der Waals surface area (Å²) in [5.74, 6) is -1.04. The summed E-state index contributed by atoms with van der Waals surface area (Å²) in [4.78, 5) is 10.8. The summed E-state index contributed by atoms with van der Waals surface area (Å²) < 4.78 is 27.0. The molecule has 0 saturated carbocycles. The van der Waals surface area contributed by atoms with Crippen LogP contribution in [0.4, 0.5) is 0 Å². The van der Waals surface area contributed by atoms with Crippen molar-refractivity contribution in [2.24, 2.45) is 5.92 Å². The highest BCUT2D eigenvalue weighted by Gasteiger charge is 2.22. The number of hydrogen-bond donors (Lipinski definition) is 2. The zero-order valence-electron chi connectivity index (χ0n) is 11.6. The fourth-order valence-corrected chi connectivity index (χ4v) is 3.61. The van der Waals surface area contributed by atoms with Gasteiger partial charge in [-0.2, -0.15) is 0 Å². The predicted molar refractivity (Wildman–Crippen MR) is 77.6 cm³/mol. The zero-order chi connectivity index (χ0) is 15.5. The third-order valence-corrected chi connectivity index (χ3v) is 4.83.